The van der Waals surface area contributed by atoms with Gasteiger partial charge in [-0.15, -0.1) is 0 Å². The minimum Gasteiger partial charge on any atom is -0.327 e. The maximum atomic E-state index is 12.8. The monoisotopic (exact) mass is 286 g/mol. The van der Waals surface area contributed by atoms with Crippen LogP contribution in [0, 0.1) is 23.7 Å². The van der Waals surface area contributed by atoms with Crippen LogP contribution in [0.5, 0.6) is 0 Å². The lowest BCUT2D eigenvalue weighted by Gasteiger charge is -2.39. The van der Waals surface area contributed by atoms with Gasteiger partial charge in [-0.05, 0) is 49.4 Å². The average molecular weight is 286 g/mol. The third kappa shape index (κ3) is 1.96. The van der Waals surface area contributed by atoms with E-state index in [1.807, 2.05) is 0 Å². The summed E-state index contributed by atoms with van der Waals surface area (Å²) in [7, 11) is -3.02. The molecule has 3 aliphatic rings. The van der Waals surface area contributed by atoms with Crippen LogP contribution < -0.4 is 11.5 Å². The van der Waals surface area contributed by atoms with Gasteiger partial charge in [0.15, 0.2) is 9.84 Å². The fraction of sp³-hybridized carbons (Fsp3) is 1.00. The van der Waals surface area contributed by atoms with Crippen LogP contribution in [-0.2, 0) is 9.84 Å². The standard InChI is InChI=1S/C14H26N2O2S/c1-7-3-9-10-4-8(2)12(16)6-14(10)19(17,18)13(9)5-11(7)15/h7-14H,3-6,15-16H2,1-2H3. The molecule has 1 saturated heterocycles. The summed E-state index contributed by atoms with van der Waals surface area (Å²) in [6.07, 6.45) is 3.28. The highest BCUT2D eigenvalue weighted by molar-refractivity contribution is 7.93. The Bertz CT molecular complexity index is 428. The van der Waals surface area contributed by atoms with Gasteiger partial charge in [0.25, 0.3) is 0 Å². The summed E-state index contributed by atoms with van der Waals surface area (Å²) < 4.78 is 25.5. The predicted molar refractivity (Wildman–Crippen MR) is 76.2 cm³/mol. The first-order valence-corrected chi connectivity index (χ1v) is 9.17. The maximum absolute atomic E-state index is 12.8. The normalized spacial score (nSPS) is 56.4. The summed E-state index contributed by atoms with van der Waals surface area (Å²) in [5.74, 6) is 1.56. The number of sulfone groups is 1. The molecule has 1 aliphatic heterocycles. The van der Waals surface area contributed by atoms with Crippen molar-refractivity contribution in [2.24, 2.45) is 35.1 Å². The molecular weight excluding hydrogens is 260 g/mol. The highest BCUT2D eigenvalue weighted by atomic mass is 32.2. The molecule has 8 unspecified atom stereocenters. The van der Waals surface area contributed by atoms with Gasteiger partial charge in [-0.1, -0.05) is 13.8 Å². The molecule has 2 saturated carbocycles. The number of nitrogens with two attached hydrogens (primary N) is 2. The van der Waals surface area contributed by atoms with Crippen molar-refractivity contribution in [1.29, 1.82) is 0 Å². The average Bonchev–Trinajstić information content (AvgIpc) is 2.52. The lowest BCUT2D eigenvalue weighted by molar-refractivity contribution is 0.151. The molecule has 0 amide bonds. The Kier molecular flexibility index (Phi) is 3.23. The third-order valence-electron chi connectivity index (χ3n) is 6.11. The van der Waals surface area contributed by atoms with Crippen LogP contribution in [0.2, 0.25) is 0 Å². The van der Waals surface area contributed by atoms with Crippen molar-refractivity contribution in [2.45, 2.75) is 62.1 Å². The number of fused-ring (bicyclic) bond motifs is 3. The van der Waals surface area contributed by atoms with E-state index in [2.05, 4.69) is 13.8 Å². The van der Waals surface area contributed by atoms with Gasteiger partial charge in [0, 0.05) is 12.1 Å². The minimum atomic E-state index is -3.02. The molecule has 3 fully saturated rings. The van der Waals surface area contributed by atoms with Crippen molar-refractivity contribution in [2.75, 3.05) is 0 Å². The minimum absolute atomic E-state index is 0.0438. The van der Waals surface area contributed by atoms with Crippen molar-refractivity contribution < 1.29 is 8.42 Å². The molecule has 0 aromatic heterocycles. The second kappa shape index (κ2) is 4.43. The molecule has 0 aromatic rings. The van der Waals surface area contributed by atoms with E-state index >= 15 is 0 Å². The zero-order chi connectivity index (χ0) is 13.9. The molecule has 8 atom stereocenters. The lowest BCUT2D eigenvalue weighted by Crippen LogP contribution is -2.44. The maximum Gasteiger partial charge on any atom is 0.156 e. The molecule has 5 heteroatoms. The molecule has 110 valence electrons. The van der Waals surface area contributed by atoms with E-state index in [0.29, 0.717) is 36.5 Å². The van der Waals surface area contributed by atoms with E-state index in [-0.39, 0.29) is 22.6 Å². The van der Waals surface area contributed by atoms with Gasteiger partial charge < -0.3 is 11.5 Å². The quantitative estimate of drug-likeness (QED) is 0.692. The van der Waals surface area contributed by atoms with Crippen molar-refractivity contribution in [3.63, 3.8) is 0 Å². The lowest BCUT2D eigenvalue weighted by atomic mass is 9.67. The molecule has 4 nitrogen and oxygen atoms in total. The SMILES string of the molecule is CC1CC2C3CC(C)C(N)CC3S(=O)(=O)C2CC1N. The van der Waals surface area contributed by atoms with Gasteiger partial charge in [0.1, 0.15) is 0 Å². The Morgan fingerprint density at radius 1 is 0.789 bits per heavy atom. The van der Waals surface area contributed by atoms with Crippen LogP contribution in [0.3, 0.4) is 0 Å². The Hall–Kier alpha value is -0.130. The molecule has 0 radical (unpaired) electrons. The topological polar surface area (TPSA) is 86.2 Å². The summed E-state index contributed by atoms with van der Waals surface area (Å²) in [6.45, 7) is 4.33. The van der Waals surface area contributed by atoms with Gasteiger partial charge in [-0.2, -0.15) is 0 Å². The number of rotatable bonds is 0. The summed E-state index contributed by atoms with van der Waals surface area (Å²) >= 11 is 0. The number of hydrogen-bond donors (Lipinski definition) is 2. The highest BCUT2D eigenvalue weighted by Gasteiger charge is 2.58. The van der Waals surface area contributed by atoms with Crippen LogP contribution in [-0.4, -0.2) is 31.0 Å². The molecular formula is C14H26N2O2S. The first-order chi connectivity index (χ1) is 8.82. The van der Waals surface area contributed by atoms with Crippen LogP contribution in [0.4, 0.5) is 0 Å². The Morgan fingerprint density at radius 3 is 1.53 bits per heavy atom. The molecule has 2 aliphatic carbocycles. The fourth-order valence-electron chi connectivity index (χ4n) is 4.74. The zero-order valence-electron chi connectivity index (χ0n) is 11.8. The van der Waals surface area contributed by atoms with Gasteiger partial charge in [0.2, 0.25) is 0 Å². The first-order valence-electron chi connectivity index (χ1n) is 7.56. The first kappa shape index (κ1) is 13.8. The van der Waals surface area contributed by atoms with E-state index in [0.717, 1.165) is 12.8 Å². The van der Waals surface area contributed by atoms with Gasteiger partial charge in [0.05, 0.1) is 10.5 Å². The van der Waals surface area contributed by atoms with Crippen molar-refractivity contribution in [1.82, 2.24) is 0 Å². The zero-order valence-corrected chi connectivity index (χ0v) is 12.6. The summed E-state index contributed by atoms with van der Waals surface area (Å²) in [6, 6.07) is 0.0875. The number of hydrogen-bond acceptors (Lipinski definition) is 4. The molecule has 0 spiro atoms. The van der Waals surface area contributed by atoms with E-state index in [9.17, 15) is 8.42 Å². The summed E-state index contributed by atoms with van der Waals surface area (Å²) in [4.78, 5) is 0. The Morgan fingerprint density at radius 2 is 1.16 bits per heavy atom. The molecule has 3 rings (SSSR count). The van der Waals surface area contributed by atoms with Gasteiger partial charge in [-0.3, -0.25) is 0 Å². The Balaban J connectivity index is 1.94. The van der Waals surface area contributed by atoms with Crippen LogP contribution in [0.25, 0.3) is 0 Å². The highest BCUT2D eigenvalue weighted by Crippen LogP contribution is 2.52. The fourth-order valence-corrected chi connectivity index (χ4v) is 7.77. The second-order valence-corrected chi connectivity index (χ2v) is 9.61. The van der Waals surface area contributed by atoms with Crippen LogP contribution in [0.1, 0.15) is 39.5 Å². The van der Waals surface area contributed by atoms with E-state index < -0.39 is 9.84 Å². The van der Waals surface area contributed by atoms with E-state index in [1.165, 1.54) is 0 Å². The molecule has 4 N–H and O–H groups in total. The van der Waals surface area contributed by atoms with Gasteiger partial charge in [-0.25, -0.2) is 8.42 Å². The second-order valence-electron chi connectivity index (χ2n) is 7.22. The third-order valence-corrected chi connectivity index (χ3v) is 8.88. The van der Waals surface area contributed by atoms with Crippen molar-refractivity contribution in [3.05, 3.63) is 0 Å². The van der Waals surface area contributed by atoms with Gasteiger partial charge >= 0.3 is 0 Å². The largest absolute Gasteiger partial charge is 0.327 e. The summed E-state index contributed by atoms with van der Waals surface area (Å²) in [5.41, 5.74) is 12.2. The summed E-state index contributed by atoms with van der Waals surface area (Å²) in [5, 5.41) is -0.377. The van der Waals surface area contributed by atoms with Crippen LogP contribution in [0.15, 0.2) is 0 Å². The van der Waals surface area contributed by atoms with Crippen LogP contribution >= 0.6 is 0 Å². The van der Waals surface area contributed by atoms with E-state index in [4.69, 9.17) is 11.5 Å². The van der Waals surface area contributed by atoms with Crippen molar-refractivity contribution in [3.8, 4) is 0 Å². The molecule has 1 heterocycles. The van der Waals surface area contributed by atoms with E-state index in [1.54, 1.807) is 0 Å². The smallest absolute Gasteiger partial charge is 0.156 e. The predicted octanol–water partition coefficient (Wildman–Crippen LogP) is 0.899. The molecule has 19 heavy (non-hydrogen) atoms. The molecule has 0 bridgehead atoms. The molecule has 0 aromatic carbocycles. The van der Waals surface area contributed by atoms with Crippen molar-refractivity contribution >= 4 is 9.84 Å². The Labute approximate surface area is 116 Å².